The van der Waals surface area contributed by atoms with Gasteiger partial charge in [-0.25, -0.2) is 0 Å². The number of rotatable bonds is 6. The van der Waals surface area contributed by atoms with Crippen LogP contribution in [0.2, 0.25) is 0 Å². The van der Waals surface area contributed by atoms with Gasteiger partial charge >= 0.3 is 0 Å². The molecule has 0 rings (SSSR count). The van der Waals surface area contributed by atoms with E-state index in [2.05, 4.69) is 40.6 Å². The highest BCUT2D eigenvalue weighted by Crippen LogP contribution is 2.12. The molecule has 0 saturated heterocycles. The van der Waals surface area contributed by atoms with Crippen molar-refractivity contribution in [3.63, 3.8) is 0 Å². The van der Waals surface area contributed by atoms with Gasteiger partial charge in [-0.1, -0.05) is 54.5 Å². The second-order valence-corrected chi connectivity index (χ2v) is 3.76. The van der Waals surface area contributed by atoms with Gasteiger partial charge in [0.25, 0.3) is 0 Å². The lowest BCUT2D eigenvalue weighted by molar-refractivity contribution is 0.578. The van der Waals surface area contributed by atoms with E-state index in [0.717, 1.165) is 5.33 Å². The second-order valence-electron chi connectivity index (χ2n) is 3.11. The van der Waals surface area contributed by atoms with Crippen LogP contribution in [-0.2, 0) is 0 Å². The monoisotopic (exact) mass is 240 g/mol. The predicted octanol–water partition coefficient (Wildman–Crippen LogP) is 3.60. The van der Waals surface area contributed by atoms with Crippen molar-refractivity contribution in [2.75, 3.05) is 5.33 Å². The van der Waals surface area contributed by atoms with Crippen LogP contribution in [0.3, 0.4) is 0 Å². The fourth-order valence-corrected chi connectivity index (χ4v) is 1.63. The minimum Gasteiger partial charge on any atom is -0.106 e. The summed E-state index contributed by atoms with van der Waals surface area (Å²) in [4.78, 5) is 0. The molecule has 0 aliphatic heterocycles. The average molecular weight is 241 g/mol. The molecule has 13 heavy (non-hydrogen) atoms. The van der Waals surface area contributed by atoms with Crippen LogP contribution in [0, 0.1) is 30.1 Å². The molecule has 0 spiro atoms. The Balaban J connectivity index is 3.55. The second kappa shape index (κ2) is 9.69. The van der Waals surface area contributed by atoms with Gasteiger partial charge in [0.2, 0.25) is 0 Å². The highest BCUT2D eigenvalue weighted by molar-refractivity contribution is 9.09. The predicted molar refractivity (Wildman–Crippen MR) is 62.7 cm³/mol. The maximum atomic E-state index is 5.07. The first-order valence-corrected chi connectivity index (χ1v) is 5.99. The quantitative estimate of drug-likeness (QED) is 0.378. The third-order valence-electron chi connectivity index (χ3n) is 1.94. The smallest absolute Gasteiger partial charge is 0.0310 e. The summed E-state index contributed by atoms with van der Waals surface area (Å²) in [5.41, 5.74) is 0. The van der Waals surface area contributed by atoms with Gasteiger partial charge in [0.15, 0.2) is 0 Å². The van der Waals surface area contributed by atoms with Crippen LogP contribution in [-0.4, -0.2) is 5.33 Å². The maximum absolute atomic E-state index is 5.07. The highest BCUT2D eigenvalue weighted by atomic mass is 79.9. The van der Waals surface area contributed by atoms with Crippen LogP contribution in [0.25, 0.3) is 0 Å². The largest absolute Gasteiger partial charge is 0.106 e. The van der Waals surface area contributed by atoms with Crippen molar-refractivity contribution in [1.82, 2.24) is 0 Å². The zero-order chi connectivity index (χ0) is 9.94. The Labute approximate surface area is 90.6 Å². The van der Waals surface area contributed by atoms with E-state index in [4.69, 9.17) is 6.42 Å². The number of unbranched alkanes of at least 4 members (excludes halogenated alkanes) is 3. The summed E-state index contributed by atoms with van der Waals surface area (Å²) < 4.78 is 0. The molecule has 0 aromatic carbocycles. The molecule has 0 aliphatic carbocycles. The number of terminal acetylenes is 1. The van der Waals surface area contributed by atoms with Gasteiger partial charge in [-0.3, -0.25) is 0 Å². The number of hydrogen-bond acceptors (Lipinski definition) is 0. The summed E-state index contributed by atoms with van der Waals surface area (Å²) in [6.07, 6.45) is 11.4. The minimum atomic E-state index is 0.438. The van der Waals surface area contributed by atoms with Crippen molar-refractivity contribution >= 4 is 15.9 Å². The molecule has 0 bridgehead atoms. The third kappa shape index (κ3) is 7.94. The Morgan fingerprint density at radius 2 is 2.08 bits per heavy atom. The molecular formula is C12H17Br. The van der Waals surface area contributed by atoms with E-state index in [1.165, 1.54) is 32.1 Å². The molecule has 0 nitrogen and oxygen atoms in total. The number of hydrogen-bond donors (Lipinski definition) is 0. The Morgan fingerprint density at radius 3 is 2.62 bits per heavy atom. The molecule has 0 N–H and O–H groups in total. The van der Waals surface area contributed by atoms with E-state index in [0.29, 0.717) is 5.92 Å². The lowest BCUT2D eigenvalue weighted by atomic mass is 10.0. The zero-order valence-corrected chi connectivity index (χ0v) is 9.86. The van der Waals surface area contributed by atoms with E-state index in [1.807, 2.05) is 0 Å². The fraction of sp³-hybridized carbons (Fsp3) is 0.667. The number of alkyl halides is 1. The third-order valence-corrected chi connectivity index (χ3v) is 2.72. The maximum Gasteiger partial charge on any atom is 0.0310 e. The van der Waals surface area contributed by atoms with Crippen LogP contribution in [0.5, 0.6) is 0 Å². The van der Waals surface area contributed by atoms with Crippen LogP contribution in [0.4, 0.5) is 0 Å². The summed E-state index contributed by atoms with van der Waals surface area (Å²) in [5.74, 6) is 8.54. The SMILES string of the molecule is C#CC#CC(CBr)CCCCCC. The van der Waals surface area contributed by atoms with Crippen LogP contribution in [0.1, 0.15) is 39.0 Å². The van der Waals surface area contributed by atoms with Gasteiger partial charge in [-0.15, -0.1) is 6.42 Å². The van der Waals surface area contributed by atoms with Gasteiger partial charge in [0.1, 0.15) is 0 Å². The minimum absolute atomic E-state index is 0.438. The summed E-state index contributed by atoms with van der Waals surface area (Å²) >= 11 is 3.44. The Bertz CT molecular complexity index is 201. The lowest BCUT2D eigenvalue weighted by Crippen LogP contribution is -1.98. The summed E-state index contributed by atoms with van der Waals surface area (Å²) in [5, 5.41) is 0.938. The molecule has 1 heteroatoms. The van der Waals surface area contributed by atoms with Crippen LogP contribution in [0.15, 0.2) is 0 Å². The zero-order valence-electron chi connectivity index (χ0n) is 8.28. The van der Waals surface area contributed by atoms with Gasteiger partial charge in [-0.2, -0.15) is 0 Å². The summed E-state index contributed by atoms with van der Waals surface area (Å²) in [6.45, 7) is 2.22. The first-order valence-electron chi connectivity index (χ1n) is 4.87. The number of halogens is 1. The molecule has 0 saturated carbocycles. The molecular weight excluding hydrogens is 224 g/mol. The summed E-state index contributed by atoms with van der Waals surface area (Å²) in [6, 6.07) is 0. The molecule has 72 valence electrons. The molecule has 1 unspecified atom stereocenters. The van der Waals surface area contributed by atoms with Gasteiger partial charge in [-0.05, 0) is 18.3 Å². The first kappa shape index (κ1) is 12.6. The van der Waals surface area contributed by atoms with Crippen LogP contribution < -0.4 is 0 Å². The van der Waals surface area contributed by atoms with E-state index in [-0.39, 0.29) is 0 Å². The van der Waals surface area contributed by atoms with E-state index in [1.54, 1.807) is 0 Å². The van der Waals surface area contributed by atoms with Gasteiger partial charge in [0.05, 0.1) is 0 Å². The van der Waals surface area contributed by atoms with Crippen molar-refractivity contribution < 1.29 is 0 Å². The molecule has 0 aromatic rings. The molecule has 0 heterocycles. The Hall–Kier alpha value is -0.400. The first-order chi connectivity index (χ1) is 6.35. The molecule has 0 aromatic heterocycles. The normalized spacial score (nSPS) is 11.2. The van der Waals surface area contributed by atoms with E-state index >= 15 is 0 Å². The van der Waals surface area contributed by atoms with Crippen molar-refractivity contribution in [2.45, 2.75) is 39.0 Å². The Morgan fingerprint density at radius 1 is 1.31 bits per heavy atom. The summed E-state index contributed by atoms with van der Waals surface area (Å²) in [7, 11) is 0. The molecule has 0 amide bonds. The van der Waals surface area contributed by atoms with Crippen molar-refractivity contribution in [3.8, 4) is 24.2 Å². The van der Waals surface area contributed by atoms with Crippen LogP contribution >= 0.6 is 15.9 Å². The van der Waals surface area contributed by atoms with E-state index < -0.39 is 0 Å². The molecule has 1 atom stereocenters. The van der Waals surface area contributed by atoms with Gasteiger partial charge < -0.3 is 0 Å². The topological polar surface area (TPSA) is 0 Å². The molecule has 0 aliphatic rings. The van der Waals surface area contributed by atoms with Crippen molar-refractivity contribution in [2.24, 2.45) is 5.92 Å². The average Bonchev–Trinajstić information content (AvgIpc) is 2.17. The van der Waals surface area contributed by atoms with Crippen molar-refractivity contribution in [3.05, 3.63) is 0 Å². The highest BCUT2D eigenvalue weighted by Gasteiger charge is 2.01. The van der Waals surface area contributed by atoms with E-state index in [9.17, 15) is 0 Å². The Kier molecular flexibility index (Phi) is 9.39. The molecule has 0 radical (unpaired) electrons. The molecule has 0 fully saturated rings. The standard InChI is InChI=1S/C12H17Br/c1-3-5-7-8-10-12(11-13)9-6-4-2/h2,12H,3,5,7-8,10-11H2,1H3. The fourth-order valence-electron chi connectivity index (χ4n) is 1.15. The van der Waals surface area contributed by atoms with Crippen molar-refractivity contribution in [1.29, 1.82) is 0 Å². The van der Waals surface area contributed by atoms with Gasteiger partial charge in [0, 0.05) is 11.2 Å². The lowest BCUT2D eigenvalue weighted by Gasteiger charge is -2.05.